The first-order valence-corrected chi connectivity index (χ1v) is 14.3. The molecule has 0 radical (unpaired) electrons. The normalized spacial score (nSPS) is 30.5. The highest BCUT2D eigenvalue weighted by molar-refractivity contribution is 7.80. The Bertz CT molecular complexity index is 959. The summed E-state index contributed by atoms with van der Waals surface area (Å²) in [6, 6.07) is 3.12. The number of nitrogens with zero attached hydrogens (tertiary/aromatic N) is 6. The second-order valence-corrected chi connectivity index (χ2v) is 11.4. The van der Waals surface area contributed by atoms with Gasteiger partial charge in [-0.25, -0.2) is 4.98 Å². The van der Waals surface area contributed by atoms with E-state index in [2.05, 4.69) is 24.6 Å². The van der Waals surface area contributed by atoms with Gasteiger partial charge >= 0.3 is 5.97 Å². The molecule has 10 heteroatoms. The van der Waals surface area contributed by atoms with Gasteiger partial charge < -0.3 is 24.5 Å². The third-order valence-electron chi connectivity index (χ3n) is 9.11. The maximum absolute atomic E-state index is 11.4. The molecule has 0 spiro atoms. The van der Waals surface area contributed by atoms with Crippen molar-refractivity contribution in [2.24, 2.45) is 5.92 Å². The number of piperidine rings is 2. The van der Waals surface area contributed by atoms with Gasteiger partial charge in [-0.15, -0.1) is 0 Å². The number of ether oxygens (including phenoxy) is 1. The molecule has 3 unspecified atom stereocenters. The predicted molar refractivity (Wildman–Crippen MR) is 141 cm³/mol. The van der Waals surface area contributed by atoms with Crippen molar-refractivity contribution in [3.63, 3.8) is 0 Å². The average Bonchev–Trinajstić information content (AvgIpc) is 3.57. The monoisotopic (exact) mass is 514 g/mol. The number of carboxylic acid groups (broad SMARTS) is 1. The summed E-state index contributed by atoms with van der Waals surface area (Å²) in [6.45, 7) is 5.72. The highest BCUT2D eigenvalue weighted by Crippen LogP contribution is 2.39. The van der Waals surface area contributed by atoms with Crippen LogP contribution in [0.25, 0.3) is 0 Å². The van der Waals surface area contributed by atoms with Gasteiger partial charge in [0, 0.05) is 44.5 Å². The van der Waals surface area contributed by atoms with E-state index in [9.17, 15) is 9.90 Å². The van der Waals surface area contributed by atoms with Gasteiger partial charge in [-0.05, 0) is 89.2 Å². The van der Waals surface area contributed by atoms with Crippen LogP contribution in [-0.4, -0.2) is 99.5 Å². The van der Waals surface area contributed by atoms with Gasteiger partial charge in [0.25, 0.3) is 5.17 Å². The van der Waals surface area contributed by atoms with E-state index in [1.54, 1.807) is 0 Å². The lowest BCUT2D eigenvalue weighted by atomic mass is 9.84. The first-order chi connectivity index (χ1) is 17.6. The third-order valence-corrected chi connectivity index (χ3v) is 9.42. The van der Waals surface area contributed by atoms with E-state index < -0.39 is 5.97 Å². The van der Waals surface area contributed by atoms with Gasteiger partial charge in [-0.1, -0.05) is 0 Å². The van der Waals surface area contributed by atoms with Crippen LogP contribution < -0.4 is 9.80 Å². The summed E-state index contributed by atoms with van der Waals surface area (Å²) in [6.07, 6.45) is 11.4. The highest BCUT2D eigenvalue weighted by atomic mass is 32.1. The molecule has 4 saturated heterocycles. The largest absolute Gasteiger partial charge is 0.481 e. The van der Waals surface area contributed by atoms with E-state index in [1.807, 2.05) is 12.3 Å². The Morgan fingerprint density at radius 2 is 1.64 bits per heavy atom. The number of aromatic nitrogens is 2. The van der Waals surface area contributed by atoms with Gasteiger partial charge in [0.05, 0.1) is 12.0 Å². The number of rotatable bonds is 5. The smallest absolute Gasteiger partial charge is 0.306 e. The molecule has 9 nitrogen and oxygen atoms in total. The van der Waals surface area contributed by atoms with Crippen LogP contribution >= 0.6 is 12.2 Å². The molecule has 5 heterocycles. The van der Waals surface area contributed by atoms with Crippen LogP contribution in [0.4, 0.5) is 11.8 Å². The van der Waals surface area contributed by atoms with Gasteiger partial charge in [-0.3, -0.25) is 9.69 Å². The van der Waals surface area contributed by atoms with Crippen LogP contribution in [-0.2, 0) is 9.53 Å². The van der Waals surface area contributed by atoms with Crippen molar-refractivity contribution in [3.05, 3.63) is 12.3 Å². The lowest BCUT2D eigenvalue weighted by Crippen LogP contribution is -2.56. The number of anilines is 2. The number of likely N-dealkylation sites (tertiary alicyclic amines) is 1. The van der Waals surface area contributed by atoms with E-state index in [0.29, 0.717) is 23.3 Å². The molecule has 1 N–H and O–H groups in total. The molecule has 3 atom stereocenters. The van der Waals surface area contributed by atoms with Crippen LogP contribution in [0.3, 0.4) is 0 Å². The summed E-state index contributed by atoms with van der Waals surface area (Å²) in [7, 11) is 0. The minimum atomic E-state index is -0.652. The molecule has 5 aliphatic rings. The zero-order chi connectivity index (χ0) is 24.6. The van der Waals surface area contributed by atoms with E-state index in [-0.39, 0.29) is 12.0 Å². The Morgan fingerprint density at radius 3 is 2.36 bits per heavy atom. The zero-order valence-corrected chi connectivity index (χ0v) is 21.8. The van der Waals surface area contributed by atoms with Crippen LogP contribution in [0, 0.1) is 5.92 Å². The fourth-order valence-electron chi connectivity index (χ4n) is 7.13. The van der Waals surface area contributed by atoms with Crippen molar-refractivity contribution in [2.75, 3.05) is 49.1 Å². The number of fused-ring (bicyclic) bond motifs is 1. The van der Waals surface area contributed by atoms with E-state index in [0.717, 1.165) is 89.6 Å². The second-order valence-electron chi connectivity index (χ2n) is 11.1. The quantitative estimate of drug-likeness (QED) is 0.592. The molecule has 1 saturated carbocycles. The third kappa shape index (κ3) is 4.62. The summed E-state index contributed by atoms with van der Waals surface area (Å²) in [5, 5.41) is 10.0. The number of thiocarbonyl (C=S) groups is 1. The number of carbonyl (C=O) groups is 1. The number of hydrogen-bond acceptors (Lipinski definition) is 8. The molecule has 196 valence electrons. The molecular weight excluding hydrogens is 476 g/mol. The van der Waals surface area contributed by atoms with E-state index in [4.69, 9.17) is 21.9 Å². The van der Waals surface area contributed by atoms with Crippen molar-refractivity contribution >= 4 is 35.1 Å². The summed E-state index contributed by atoms with van der Waals surface area (Å²) in [5.74, 6) is 1.05. The molecule has 6 rings (SSSR count). The molecule has 0 bridgehead atoms. The summed E-state index contributed by atoms with van der Waals surface area (Å²) in [4.78, 5) is 30.4. The Kier molecular flexibility index (Phi) is 6.90. The molecule has 1 aromatic heterocycles. The lowest BCUT2D eigenvalue weighted by Gasteiger charge is -2.45. The minimum Gasteiger partial charge on any atom is -0.481 e. The van der Waals surface area contributed by atoms with E-state index in [1.165, 1.54) is 19.3 Å². The fourth-order valence-corrected chi connectivity index (χ4v) is 7.53. The average molecular weight is 515 g/mol. The topological polar surface area (TPSA) is 85.3 Å². The van der Waals surface area contributed by atoms with Gasteiger partial charge in [0.1, 0.15) is 11.9 Å². The summed E-state index contributed by atoms with van der Waals surface area (Å²) < 4.78 is 6.42. The molecule has 0 aromatic carbocycles. The van der Waals surface area contributed by atoms with Gasteiger partial charge in [0.2, 0.25) is 5.95 Å². The van der Waals surface area contributed by atoms with Crippen LogP contribution in [0.5, 0.6) is 0 Å². The van der Waals surface area contributed by atoms with Crippen molar-refractivity contribution in [2.45, 2.75) is 82.0 Å². The standard InChI is InChI=1S/C26H38N6O3S/c33-24(34)18-7-14-29(15-8-18)20-4-3-5-21-23(20)35-26(36)32(21)19-9-16-30(17-10-19)22-6-11-27-25(28-22)31-12-1-2-13-31/h6,11,18-21,23H,1-5,7-10,12-17H2,(H,33,34). The number of carboxylic acids is 1. The molecule has 5 fully saturated rings. The molecule has 36 heavy (non-hydrogen) atoms. The fraction of sp³-hybridized carbons (Fsp3) is 0.769. The second kappa shape index (κ2) is 10.3. The van der Waals surface area contributed by atoms with Crippen LogP contribution in [0.2, 0.25) is 0 Å². The lowest BCUT2D eigenvalue weighted by molar-refractivity contribution is -0.143. The maximum atomic E-state index is 11.4. The summed E-state index contributed by atoms with van der Waals surface area (Å²) in [5.41, 5.74) is 0. The number of hydrogen-bond donors (Lipinski definition) is 1. The molecule has 0 amide bonds. The Labute approximate surface area is 218 Å². The van der Waals surface area contributed by atoms with Crippen LogP contribution in [0.1, 0.15) is 57.8 Å². The Balaban J connectivity index is 1.08. The number of aliphatic carboxylic acids is 1. The molecule has 4 aliphatic heterocycles. The zero-order valence-electron chi connectivity index (χ0n) is 21.0. The van der Waals surface area contributed by atoms with Crippen molar-refractivity contribution in [1.82, 2.24) is 19.8 Å². The highest BCUT2D eigenvalue weighted by Gasteiger charge is 2.50. The van der Waals surface area contributed by atoms with Crippen LogP contribution in [0.15, 0.2) is 12.3 Å². The molecular formula is C26H38N6O3S. The van der Waals surface area contributed by atoms with Gasteiger partial charge in [0.15, 0.2) is 0 Å². The first-order valence-electron chi connectivity index (χ1n) is 13.9. The Morgan fingerprint density at radius 1 is 0.917 bits per heavy atom. The molecule has 1 aliphatic carbocycles. The van der Waals surface area contributed by atoms with E-state index >= 15 is 0 Å². The van der Waals surface area contributed by atoms with Gasteiger partial charge in [-0.2, -0.15) is 4.98 Å². The van der Waals surface area contributed by atoms with Crippen molar-refractivity contribution in [1.29, 1.82) is 0 Å². The summed E-state index contributed by atoms with van der Waals surface area (Å²) >= 11 is 5.81. The van der Waals surface area contributed by atoms with Crippen molar-refractivity contribution in [3.8, 4) is 0 Å². The van der Waals surface area contributed by atoms with Crippen molar-refractivity contribution < 1.29 is 14.6 Å². The Hall–Kier alpha value is -2.20. The minimum absolute atomic E-state index is 0.107. The SMILES string of the molecule is O=C(O)C1CCN(C2CCCC3C2OC(=S)N3C2CCN(c3ccnc(N4CCCC4)n3)CC2)CC1. The maximum Gasteiger partial charge on any atom is 0.306 e. The predicted octanol–water partition coefficient (Wildman–Crippen LogP) is 2.75. The first kappa shape index (κ1) is 24.2. The molecule has 1 aromatic rings.